The summed E-state index contributed by atoms with van der Waals surface area (Å²) in [6.07, 6.45) is 1.72. The van der Waals surface area contributed by atoms with E-state index in [0.717, 1.165) is 26.8 Å². The Morgan fingerprint density at radius 3 is 2.52 bits per heavy atom. The Morgan fingerprint density at radius 2 is 1.80 bits per heavy atom. The molecule has 3 aromatic rings. The lowest BCUT2D eigenvalue weighted by molar-refractivity contribution is 0.355. The predicted octanol–water partition coefficient (Wildman–Crippen LogP) is 4.58. The second kappa shape index (κ2) is 7.81. The minimum Gasteiger partial charge on any atom is -0.493 e. The molecule has 0 aliphatic rings. The molecule has 5 nitrogen and oxygen atoms in total. The number of hydrazone groups is 1. The molecule has 0 amide bonds. The minimum absolute atomic E-state index is 0.669. The number of hydrogen-bond donors (Lipinski definition) is 1. The molecule has 0 saturated heterocycles. The van der Waals surface area contributed by atoms with Gasteiger partial charge in [-0.05, 0) is 30.7 Å². The molecule has 1 N–H and O–H groups in total. The number of anilines is 1. The van der Waals surface area contributed by atoms with Gasteiger partial charge in [0.05, 0.1) is 26.1 Å². The van der Waals surface area contributed by atoms with Crippen molar-refractivity contribution in [3.8, 4) is 22.8 Å². The molecule has 0 atom stereocenters. The number of nitrogens with one attached hydrogen (secondary N) is 1. The summed E-state index contributed by atoms with van der Waals surface area (Å²) in [6, 6.07) is 15.8. The standard InChI is InChI=1S/C19H19N3O2S/c1-13-18(15-7-5-4-6-8-15)21-19(25-13)22-20-12-14-9-10-16(23-2)17(11-14)24-3/h4-12H,1-3H3,(H,21,22)/b20-12-. The van der Waals surface area contributed by atoms with Gasteiger partial charge < -0.3 is 9.47 Å². The van der Waals surface area contributed by atoms with Crippen LogP contribution in [0.5, 0.6) is 11.5 Å². The number of aromatic nitrogens is 1. The Kier molecular flexibility index (Phi) is 5.30. The monoisotopic (exact) mass is 353 g/mol. The van der Waals surface area contributed by atoms with Gasteiger partial charge in [0, 0.05) is 10.4 Å². The van der Waals surface area contributed by atoms with Gasteiger partial charge in [0.25, 0.3) is 0 Å². The van der Waals surface area contributed by atoms with Crippen LogP contribution >= 0.6 is 11.3 Å². The fourth-order valence-electron chi connectivity index (χ4n) is 2.40. The zero-order chi connectivity index (χ0) is 17.6. The van der Waals surface area contributed by atoms with Crippen molar-refractivity contribution in [2.75, 3.05) is 19.6 Å². The van der Waals surface area contributed by atoms with Crippen molar-refractivity contribution in [3.63, 3.8) is 0 Å². The van der Waals surface area contributed by atoms with Crippen molar-refractivity contribution < 1.29 is 9.47 Å². The first-order valence-electron chi connectivity index (χ1n) is 7.75. The van der Waals surface area contributed by atoms with Crippen LogP contribution in [-0.4, -0.2) is 25.4 Å². The van der Waals surface area contributed by atoms with Crippen LogP contribution < -0.4 is 14.9 Å². The summed E-state index contributed by atoms with van der Waals surface area (Å²) in [6.45, 7) is 2.06. The van der Waals surface area contributed by atoms with Gasteiger partial charge in [0.1, 0.15) is 0 Å². The molecule has 0 fully saturated rings. The molecule has 0 radical (unpaired) electrons. The van der Waals surface area contributed by atoms with Crippen LogP contribution in [0.25, 0.3) is 11.3 Å². The van der Waals surface area contributed by atoms with Gasteiger partial charge in [0.2, 0.25) is 5.13 Å². The van der Waals surface area contributed by atoms with E-state index >= 15 is 0 Å². The van der Waals surface area contributed by atoms with Gasteiger partial charge in [-0.15, -0.1) is 11.3 Å². The number of aryl methyl sites for hydroxylation is 1. The van der Waals surface area contributed by atoms with E-state index in [1.165, 1.54) is 0 Å². The van der Waals surface area contributed by atoms with Crippen molar-refractivity contribution in [1.29, 1.82) is 0 Å². The molecule has 0 aliphatic heterocycles. The van der Waals surface area contributed by atoms with Crippen molar-refractivity contribution in [1.82, 2.24) is 4.98 Å². The van der Waals surface area contributed by atoms with Crippen LogP contribution in [0, 0.1) is 6.92 Å². The van der Waals surface area contributed by atoms with Crippen LogP contribution in [0.3, 0.4) is 0 Å². The first-order valence-corrected chi connectivity index (χ1v) is 8.57. The Morgan fingerprint density at radius 1 is 1.04 bits per heavy atom. The van der Waals surface area contributed by atoms with E-state index < -0.39 is 0 Å². The van der Waals surface area contributed by atoms with Crippen LogP contribution in [0.1, 0.15) is 10.4 Å². The van der Waals surface area contributed by atoms with Gasteiger partial charge in [-0.25, -0.2) is 4.98 Å². The molecule has 1 heterocycles. The summed E-state index contributed by atoms with van der Waals surface area (Å²) in [7, 11) is 3.22. The maximum absolute atomic E-state index is 5.29. The van der Waals surface area contributed by atoms with E-state index in [1.807, 2.05) is 36.4 Å². The smallest absolute Gasteiger partial charge is 0.204 e. The molecule has 0 saturated carbocycles. The number of benzene rings is 2. The van der Waals surface area contributed by atoms with Gasteiger partial charge in [-0.3, -0.25) is 5.43 Å². The molecular weight excluding hydrogens is 334 g/mol. The maximum atomic E-state index is 5.29. The average Bonchev–Trinajstić information content (AvgIpc) is 3.03. The summed E-state index contributed by atoms with van der Waals surface area (Å²) < 4.78 is 10.5. The molecule has 6 heteroatoms. The molecule has 3 rings (SSSR count). The van der Waals surface area contributed by atoms with Crippen LogP contribution in [0.15, 0.2) is 53.6 Å². The molecule has 2 aromatic carbocycles. The van der Waals surface area contributed by atoms with E-state index in [1.54, 1.807) is 31.8 Å². The molecular formula is C19H19N3O2S. The average molecular weight is 353 g/mol. The summed E-state index contributed by atoms with van der Waals surface area (Å²) in [5.74, 6) is 1.36. The summed E-state index contributed by atoms with van der Waals surface area (Å²) in [4.78, 5) is 5.77. The van der Waals surface area contributed by atoms with E-state index in [0.29, 0.717) is 11.5 Å². The third-order valence-corrected chi connectivity index (χ3v) is 4.50. The highest BCUT2D eigenvalue weighted by Crippen LogP contribution is 2.30. The van der Waals surface area contributed by atoms with Crippen LogP contribution in [0.4, 0.5) is 5.13 Å². The third-order valence-electron chi connectivity index (χ3n) is 3.63. The normalized spacial score (nSPS) is 10.8. The van der Waals surface area contributed by atoms with Crippen LogP contribution in [0.2, 0.25) is 0 Å². The van der Waals surface area contributed by atoms with Gasteiger partial charge in [0.15, 0.2) is 11.5 Å². The second-order valence-electron chi connectivity index (χ2n) is 5.27. The first kappa shape index (κ1) is 17.0. The molecule has 0 aliphatic carbocycles. The van der Waals surface area contributed by atoms with Gasteiger partial charge in [-0.2, -0.15) is 5.10 Å². The van der Waals surface area contributed by atoms with Crippen molar-refractivity contribution >= 4 is 22.7 Å². The lowest BCUT2D eigenvalue weighted by atomic mass is 10.1. The summed E-state index contributed by atoms with van der Waals surface area (Å²) in [5, 5.41) is 5.02. The van der Waals surface area contributed by atoms with Crippen LogP contribution in [-0.2, 0) is 0 Å². The molecule has 128 valence electrons. The molecule has 0 spiro atoms. The van der Waals surface area contributed by atoms with Gasteiger partial charge in [-0.1, -0.05) is 30.3 Å². The third kappa shape index (κ3) is 3.97. The SMILES string of the molecule is COc1ccc(/C=N\Nc2nc(-c3ccccc3)c(C)s2)cc1OC. The highest BCUT2D eigenvalue weighted by molar-refractivity contribution is 7.15. The number of ether oxygens (including phenoxy) is 2. The zero-order valence-electron chi connectivity index (χ0n) is 14.3. The van der Waals surface area contributed by atoms with Crippen molar-refractivity contribution in [3.05, 3.63) is 59.0 Å². The predicted molar refractivity (Wildman–Crippen MR) is 103 cm³/mol. The van der Waals surface area contributed by atoms with E-state index in [-0.39, 0.29) is 0 Å². The summed E-state index contributed by atoms with van der Waals surface area (Å²) in [5.41, 5.74) is 5.99. The highest BCUT2D eigenvalue weighted by Gasteiger charge is 2.09. The fraction of sp³-hybridized carbons (Fsp3) is 0.158. The number of methoxy groups -OCH3 is 2. The lowest BCUT2D eigenvalue weighted by Crippen LogP contribution is -1.93. The second-order valence-corrected chi connectivity index (χ2v) is 6.48. The number of thiazole rings is 1. The van der Waals surface area contributed by atoms with Crippen molar-refractivity contribution in [2.24, 2.45) is 5.10 Å². The molecule has 0 bridgehead atoms. The minimum atomic E-state index is 0.669. The molecule has 25 heavy (non-hydrogen) atoms. The topological polar surface area (TPSA) is 55.7 Å². The number of rotatable bonds is 6. The highest BCUT2D eigenvalue weighted by atomic mass is 32.1. The number of nitrogens with zero attached hydrogens (tertiary/aromatic N) is 2. The molecule has 1 aromatic heterocycles. The number of hydrogen-bond acceptors (Lipinski definition) is 6. The summed E-state index contributed by atoms with van der Waals surface area (Å²) >= 11 is 1.58. The Hall–Kier alpha value is -2.86. The maximum Gasteiger partial charge on any atom is 0.204 e. The van der Waals surface area contributed by atoms with E-state index in [4.69, 9.17) is 9.47 Å². The Labute approximate surface area is 151 Å². The van der Waals surface area contributed by atoms with E-state index in [2.05, 4.69) is 34.6 Å². The fourth-order valence-corrected chi connectivity index (χ4v) is 3.19. The van der Waals surface area contributed by atoms with E-state index in [9.17, 15) is 0 Å². The largest absolute Gasteiger partial charge is 0.493 e. The first-order chi connectivity index (χ1) is 12.2. The van der Waals surface area contributed by atoms with Gasteiger partial charge >= 0.3 is 0 Å². The Bertz CT molecular complexity index is 876. The Balaban J connectivity index is 1.73. The van der Waals surface area contributed by atoms with Crippen molar-refractivity contribution in [2.45, 2.75) is 6.92 Å². The lowest BCUT2D eigenvalue weighted by Gasteiger charge is -2.07. The zero-order valence-corrected chi connectivity index (χ0v) is 15.1. The quantitative estimate of drug-likeness (QED) is 0.520. The molecule has 0 unspecified atom stereocenters.